The summed E-state index contributed by atoms with van der Waals surface area (Å²) in [5, 5.41) is 7.19. The molecule has 1 aromatic heterocycles. The molecule has 0 bridgehead atoms. The van der Waals surface area contributed by atoms with Crippen LogP contribution >= 0.6 is 11.5 Å². The summed E-state index contributed by atoms with van der Waals surface area (Å²) < 4.78 is 3.86. The molecule has 1 aliphatic rings. The lowest BCUT2D eigenvalue weighted by atomic mass is 10.2. The van der Waals surface area contributed by atoms with Gasteiger partial charge in [-0.05, 0) is 18.0 Å². The summed E-state index contributed by atoms with van der Waals surface area (Å²) in [6.45, 7) is 1.99. The SMILES string of the molecule is C1Cc2snnc2CN1. The molecule has 2 rings (SSSR count). The van der Waals surface area contributed by atoms with Crippen molar-refractivity contribution in [3.63, 3.8) is 0 Å². The van der Waals surface area contributed by atoms with Crippen LogP contribution in [0, 0.1) is 0 Å². The van der Waals surface area contributed by atoms with E-state index in [0.717, 1.165) is 25.2 Å². The summed E-state index contributed by atoms with van der Waals surface area (Å²) in [7, 11) is 0. The second-order valence-electron chi connectivity index (χ2n) is 2.07. The zero-order valence-electron chi connectivity index (χ0n) is 4.92. The average molecular weight is 141 g/mol. The van der Waals surface area contributed by atoms with Crippen molar-refractivity contribution in [1.29, 1.82) is 0 Å². The number of nitrogens with zero attached hydrogens (tertiary/aromatic N) is 2. The lowest BCUT2D eigenvalue weighted by molar-refractivity contribution is 0.635. The second-order valence-corrected chi connectivity index (χ2v) is 2.91. The number of rotatable bonds is 0. The van der Waals surface area contributed by atoms with E-state index in [1.54, 1.807) is 0 Å². The van der Waals surface area contributed by atoms with Crippen LogP contribution < -0.4 is 5.32 Å². The highest BCUT2D eigenvalue weighted by Crippen LogP contribution is 2.13. The van der Waals surface area contributed by atoms with Crippen molar-refractivity contribution in [1.82, 2.24) is 14.9 Å². The van der Waals surface area contributed by atoms with Gasteiger partial charge >= 0.3 is 0 Å². The lowest BCUT2D eigenvalue weighted by Crippen LogP contribution is -2.22. The molecule has 4 heteroatoms. The van der Waals surface area contributed by atoms with E-state index in [9.17, 15) is 0 Å². The van der Waals surface area contributed by atoms with Crippen molar-refractivity contribution >= 4 is 11.5 Å². The zero-order valence-corrected chi connectivity index (χ0v) is 5.74. The third-order valence-electron chi connectivity index (χ3n) is 1.46. The molecule has 0 aromatic carbocycles. The van der Waals surface area contributed by atoms with Crippen molar-refractivity contribution in [2.24, 2.45) is 0 Å². The molecule has 0 fully saturated rings. The van der Waals surface area contributed by atoms with Crippen LogP contribution in [0.1, 0.15) is 10.6 Å². The van der Waals surface area contributed by atoms with Crippen molar-refractivity contribution in [2.75, 3.05) is 6.54 Å². The lowest BCUT2D eigenvalue weighted by Gasteiger charge is -2.08. The van der Waals surface area contributed by atoms with Crippen LogP contribution in [0.25, 0.3) is 0 Å². The summed E-state index contributed by atoms with van der Waals surface area (Å²) >= 11 is 1.52. The minimum Gasteiger partial charge on any atom is -0.311 e. The Kier molecular flexibility index (Phi) is 1.20. The van der Waals surface area contributed by atoms with Gasteiger partial charge in [-0.1, -0.05) is 4.49 Å². The van der Waals surface area contributed by atoms with Crippen molar-refractivity contribution < 1.29 is 0 Å². The monoisotopic (exact) mass is 141 g/mol. The molecular formula is C5H7N3S. The smallest absolute Gasteiger partial charge is 0.0925 e. The summed E-state index contributed by atoms with van der Waals surface area (Å²) in [6.07, 6.45) is 1.10. The Morgan fingerprint density at radius 1 is 1.56 bits per heavy atom. The maximum absolute atomic E-state index is 3.96. The fourth-order valence-electron chi connectivity index (χ4n) is 0.960. The third-order valence-corrected chi connectivity index (χ3v) is 2.28. The van der Waals surface area contributed by atoms with E-state index in [1.165, 1.54) is 16.4 Å². The Bertz CT molecular complexity index is 187. The highest BCUT2D eigenvalue weighted by atomic mass is 32.1. The quantitative estimate of drug-likeness (QED) is 0.560. The molecule has 0 saturated carbocycles. The molecule has 0 spiro atoms. The van der Waals surface area contributed by atoms with Gasteiger partial charge in [-0.2, -0.15) is 0 Å². The summed E-state index contributed by atoms with van der Waals surface area (Å²) in [4.78, 5) is 1.36. The van der Waals surface area contributed by atoms with E-state index < -0.39 is 0 Å². The van der Waals surface area contributed by atoms with Crippen LogP contribution in [-0.4, -0.2) is 16.1 Å². The number of fused-ring (bicyclic) bond motifs is 1. The van der Waals surface area contributed by atoms with Gasteiger partial charge in [0.2, 0.25) is 0 Å². The second kappa shape index (κ2) is 2.04. The molecule has 0 unspecified atom stereocenters. The Morgan fingerprint density at radius 2 is 2.56 bits per heavy atom. The molecular weight excluding hydrogens is 134 g/mol. The predicted molar refractivity (Wildman–Crippen MR) is 35.3 cm³/mol. The third kappa shape index (κ3) is 0.840. The molecule has 0 amide bonds. The number of aromatic nitrogens is 2. The van der Waals surface area contributed by atoms with Gasteiger partial charge in [0.1, 0.15) is 0 Å². The summed E-state index contributed by atoms with van der Waals surface area (Å²) in [5.41, 5.74) is 1.14. The van der Waals surface area contributed by atoms with Gasteiger partial charge in [0.25, 0.3) is 0 Å². The highest BCUT2D eigenvalue weighted by Gasteiger charge is 2.10. The normalized spacial score (nSPS) is 17.3. The molecule has 0 saturated heterocycles. The van der Waals surface area contributed by atoms with Crippen LogP contribution in [-0.2, 0) is 13.0 Å². The summed E-state index contributed by atoms with van der Waals surface area (Å²) in [5.74, 6) is 0. The number of nitrogens with one attached hydrogen (secondary N) is 1. The number of hydrogen-bond donors (Lipinski definition) is 1. The molecule has 0 aliphatic carbocycles. The van der Waals surface area contributed by atoms with Gasteiger partial charge in [0, 0.05) is 13.1 Å². The first-order valence-electron chi connectivity index (χ1n) is 2.97. The highest BCUT2D eigenvalue weighted by molar-refractivity contribution is 7.05. The summed E-state index contributed by atoms with van der Waals surface area (Å²) in [6, 6.07) is 0. The molecule has 48 valence electrons. The van der Waals surface area contributed by atoms with Gasteiger partial charge in [-0.3, -0.25) is 0 Å². The van der Waals surface area contributed by atoms with Gasteiger partial charge < -0.3 is 5.32 Å². The maximum Gasteiger partial charge on any atom is 0.0925 e. The predicted octanol–water partition coefficient (Wildman–Crippen LogP) is 0.184. The zero-order chi connectivity index (χ0) is 6.10. The van der Waals surface area contributed by atoms with Crippen molar-refractivity contribution in [3.8, 4) is 0 Å². The van der Waals surface area contributed by atoms with E-state index in [1.807, 2.05) is 0 Å². The Balaban J connectivity index is 2.39. The van der Waals surface area contributed by atoms with E-state index >= 15 is 0 Å². The fraction of sp³-hybridized carbons (Fsp3) is 0.600. The van der Waals surface area contributed by atoms with Crippen LogP contribution in [0.2, 0.25) is 0 Å². The largest absolute Gasteiger partial charge is 0.311 e. The molecule has 1 aliphatic heterocycles. The van der Waals surface area contributed by atoms with E-state index in [4.69, 9.17) is 0 Å². The Morgan fingerprint density at radius 3 is 3.44 bits per heavy atom. The molecule has 9 heavy (non-hydrogen) atoms. The van der Waals surface area contributed by atoms with E-state index in [2.05, 4.69) is 14.9 Å². The average Bonchev–Trinajstić information content (AvgIpc) is 2.33. The molecule has 2 heterocycles. The van der Waals surface area contributed by atoms with E-state index in [-0.39, 0.29) is 0 Å². The van der Waals surface area contributed by atoms with Gasteiger partial charge in [0.15, 0.2) is 0 Å². The molecule has 0 radical (unpaired) electrons. The van der Waals surface area contributed by atoms with E-state index in [0.29, 0.717) is 0 Å². The van der Waals surface area contributed by atoms with Crippen LogP contribution in [0.3, 0.4) is 0 Å². The number of hydrogen-bond acceptors (Lipinski definition) is 4. The molecule has 3 nitrogen and oxygen atoms in total. The molecule has 1 aromatic rings. The standard InChI is InChI=1S/C5H7N3S/c1-2-6-3-4-5(1)9-8-7-4/h6H,1-3H2. The van der Waals surface area contributed by atoms with Crippen LogP contribution in [0.4, 0.5) is 0 Å². The Hall–Kier alpha value is -0.480. The minimum atomic E-state index is 0.909. The van der Waals surface area contributed by atoms with Gasteiger partial charge in [-0.25, -0.2) is 0 Å². The van der Waals surface area contributed by atoms with Crippen molar-refractivity contribution in [3.05, 3.63) is 10.6 Å². The van der Waals surface area contributed by atoms with Gasteiger partial charge in [0.05, 0.1) is 10.6 Å². The van der Waals surface area contributed by atoms with Gasteiger partial charge in [-0.15, -0.1) is 5.10 Å². The first-order valence-corrected chi connectivity index (χ1v) is 3.75. The van der Waals surface area contributed by atoms with Crippen molar-refractivity contribution in [2.45, 2.75) is 13.0 Å². The first kappa shape index (κ1) is 5.32. The Labute approximate surface area is 57.3 Å². The first-order chi connectivity index (χ1) is 4.47. The minimum absolute atomic E-state index is 0.909. The van der Waals surface area contributed by atoms with Crippen LogP contribution in [0.5, 0.6) is 0 Å². The fourth-order valence-corrected chi connectivity index (χ4v) is 1.61. The molecule has 0 atom stereocenters. The molecule has 1 N–H and O–H groups in total. The van der Waals surface area contributed by atoms with Crippen LogP contribution in [0.15, 0.2) is 0 Å². The topological polar surface area (TPSA) is 37.8 Å². The maximum atomic E-state index is 3.96.